The summed E-state index contributed by atoms with van der Waals surface area (Å²) in [4.78, 5) is 10.9. The van der Waals surface area contributed by atoms with Crippen LogP contribution in [-0.2, 0) is 0 Å². The SMILES string of the molecule is Cc1ccc(C)n1-c1cc(C(=O)O)c(F)cc1F. The van der Waals surface area contributed by atoms with Gasteiger partial charge in [-0.3, -0.25) is 0 Å². The molecule has 18 heavy (non-hydrogen) atoms. The van der Waals surface area contributed by atoms with Crippen LogP contribution in [0.25, 0.3) is 5.69 Å². The van der Waals surface area contributed by atoms with E-state index in [-0.39, 0.29) is 5.69 Å². The summed E-state index contributed by atoms with van der Waals surface area (Å²) in [5.41, 5.74) is 0.983. The molecule has 94 valence electrons. The van der Waals surface area contributed by atoms with E-state index in [0.29, 0.717) is 6.07 Å². The monoisotopic (exact) mass is 251 g/mol. The summed E-state index contributed by atoms with van der Waals surface area (Å²) in [6.07, 6.45) is 0. The minimum Gasteiger partial charge on any atom is -0.478 e. The smallest absolute Gasteiger partial charge is 0.338 e. The van der Waals surface area contributed by atoms with Crippen molar-refractivity contribution in [1.82, 2.24) is 4.57 Å². The first kappa shape index (κ1) is 12.3. The van der Waals surface area contributed by atoms with E-state index in [1.807, 2.05) is 0 Å². The molecule has 0 saturated heterocycles. The summed E-state index contributed by atoms with van der Waals surface area (Å²) in [5.74, 6) is -3.29. The quantitative estimate of drug-likeness (QED) is 0.891. The maximum absolute atomic E-state index is 13.8. The van der Waals surface area contributed by atoms with Gasteiger partial charge in [0.05, 0.1) is 11.3 Å². The molecule has 2 rings (SSSR count). The normalized spacial score (nSPS) is 10.7. The second-order valence-electron chi connectivity index (χ2n) is 4.04. The van der Waals surface area contributed by atoms with E-state index in [2.05, 4.69) is 0 Å². The summed E-state index contributed by atoms with van der Waals surface area (Å²) >= 11 is 0. The molecule has 1 heterocycles. The molecule has 1 N–H and O–H groups in total. The number of aromatic nitrogens is 1. The Morgan fingerprint density at radius 1 is 1.11 bits per heavy atom. The lowest BCUT2D eigenvalue weighted by Gasteiger charge is -2.11. The minimum atomic E-state index is -1.42. The molecule has 2 aromatic rings. The van der Waals surface area contributed by atoms with Gasteiger partial charge >= 0.3 is 5.97 Å². The van der Waals surface area contributed by atoms with Crippen molar-refractivity contribution >= 4 is 5.97 Å². The lowest BCUT2D eigenvalue weighted by molar-refractivity contribution is 0.0691. The predicted octanol–water partition coefficient (Wildman–Crippen LogP) is 3.07. The fraction of sp³-hybridized carbons (Fsp3) is 0.154. The number of carboxylic acid groups (broad SMARTS) is 1. The number of aryl methyl sites for hydroxylation is 2. The largest absolute Gasteiger partial charge is 0.478 e. The van der Waals surface area contributed by atoms with Crippen LogP contribution in [0.2, 0.25) is 0 Å². The van der Waals surface area contributed by atoms with Crippen molar-refractivity contribution in [3.8, 4) is 5.69 Å². The molecule has 5 heteroatoms. The first-order valence-electron chi connectivity index (χ1n) is 5.29. The number of halogens is 2. The van der Waals surface area contributed by atoms with Crippen LogP contribution in [0.1, 0.15) is 21.7 Å². The number of carbonyl (C=O) groups is 1. The molecule has 0 unspecified atom stereocenters. The van der Waals surface area contributed by atoms with E-state index in [9.17, 15) is 13.6 Å². The van der Waals surface area contributed by atoms with E-state index in [0.717, 1.165) is 17.5 Å². The zero-order valence-corrected chi connectivity index (χ0v) is 9.87. The molecule has 0 amide bonds. The maximum atomic E-state index is 13.8. The average molecular weight is 251 g/mol. The van der Waals surface area contributed by atoms with E-state index in [1.165, 1.54) is 0 Å². The Morgan fingerprint density at radius 2 is 1.67 bits per heavy atom. The molecule has 1 aromatic carbocycles. The lowest BCUT2D eigenvalue weighted by atomic mass is 10.1. The first-order valence-corrected chi connectivity index (χ1v) is 5.29. The standard InChI is InChI=1S/C13H11F2NO2/c1-7-3-4-8(2)16(7)12-5-9(13(17)18)10(14)6-11(12)15/h3-6H,1-2H3,(H,17,18). The fourth-order valence-corrected chi connectivity index (χ4v) is 1.92. The van der Waals surface area contributed by atoms with Crippen molar-refractivity contribution in [2.75, 3.05) is 0 Å². The zero-order chi connectivity index (χ0) is 13.4. The van der Waals surface area contributed by atoms with Gasteiger partial charge in [-0.05, 0) is 32.0 Å². The summed E-state index contributed by atoms with van der Waals surface area (Å²) in [6.45, 7) is 3.52. The molecule has 0 aliphatic carbocycles. The fourth-order valence-electron chi connectivity index (χ4n) is 1.92. The molecule has 0 fully saturated rings. The van der Waals surface area contributed by atoms with E-state index in [1.54, 1.807) is 30.5 Å². The van der Waals surface area contributed by atoms with E-state index < -0.39 is 23.2 Å². The van der Waals surface area contributed by atoms with Crippen molar-refractivity contribution in [3.05, 3.63) is 52.9 Å². The molecule has 0 bridgehead atoms. The maximum Gasteiger partial charge on any atom is 0.338 e. The van der Waals surface area contributed by atoms with E-state index in [4.69, 9.17) is 5.11 Å². The van der Waals surface area contributed by atoms with Gasteiger partial charge in [0, 0.05) is 17.5 Å². The summed E-state index contributed by atoms with van der Waals surface area (Å²) in [5, 5.41) is 8.85. The Balaban J connectivity index is 2.72. The highest BCUT2D eigenvalue weighted by molar-refractivity contribution is 5.88. The van der Waals surface area contributed by atoms with Crippen LogP contribution in [0.4, 0.5) is 8.78 Å². The van der Waals surface area contributed by atoms with Crippen LogP contribution in [0.15, 0.2) is 24.3 Å². The number of nitrogens with zero attached hydrogens (tertiary/aromatic N) is 1. The van der Waals surface area contributed by atoms with Crippen molar-refractivity contribution in [2.24, 2.45) is 0 Å². The van der Waals surface area contributed by atoms with Crippen LogP contribution in [0.3, 0.4) is 0 Å². The van der Waals surface area contributed by atoms with Gasteiger partial charge in [-0.25, -0.2) is 13.6 Å². The lowest BCUT2D eigenvalue weighted by Crippen LogP contribution is -2.07. The molecule has 3 nitrogen and oxygen atoms in total. The summed E-state index contributed by atoms with van der Waals surface area (Å²) in [7, 11) is 0. The van der Waals surface area contributed by atoms with Crippen molar-refractivity contribution in [3.63, 3.8) is 0 Å². The van der Waals surface area contributed by atoms with Gasteiger partial charge in [-0.2, -0.15) is 0 Å². The minimum absolute atomic E-state index is 0.0359. The van der Waals surface area contributed by atoms with Gasteiger partial charge in [0.1, 0.15) is 11.6 Å². The summed E-state index contributed by atoms with van der Waals surface area (Å²) in [6, 6.07) is 5.15. The molecular formula is C13H11F2NO2. The number of benzene rings is 1. The van der Waals surface area contributed by atoms with Crippen LogP contribution in [0, 0.1) is 25.5 Å². The second kappa shape index (κ2) is 4.25. The number of hydrogen-bond donors (Lipinski definition) is 1. The molecular weight excluding hydrogens is 240 g/mol. The highest BCUT2D eigenvalue weighted by atomic mass is 19.1. The van der Waals surface area contributed by atoms with Gasteiger partial charge < -0.3 is 9.67 Å². The van der Waals surface area contributed by atoms with Crippen LogP contribution in [-0.4, -0.2) is 15.6 Å². The predicted molar refractivity (Wildman–Crippen MR) is 62.1 cm³/mol. The first-order chi connectivity index (χ1) is 8.41. The van der Waals surface area contributed by atoms with E-state index >= 15 is 0 Å². The molecule has 0 aliphatic heterocycles. The third kappa shape index (κ3) is 1.88. The molecule has 0 aliphatic rings. The van der Waals surface area contributed by atoms with Crippen molar-refractivity contribution in [2.45, 2.75) is 13.8 Å². The van der Waals surface area contributed by atoms with Gasteiger partial charge in [0.2, 0.25) is 0 Å². The highest BCUT2D eigenvalue weighted by Crippen LogP contribution is 2.22. The van der Waals surface area contributed by atoms with Crippen molar-refractivity contribution in [1.29, 1.82) is 0 Å². The Kier molecular flexibility index (Phi) is 2.90. The van der Waals surface area contributed by atoms with Gasteiger partial charge in [0.25, 0.3) is 0 Å². The second-order valence-corrected chi connectivity index (χ2v) is 4.04. The van der Waals surface area contributed by atoms with Crippen LogP contribution < -0.4 is 0 Å². The molecule has 0 saturated carbocycles. The molecule has 0 radical (unpaired) electrons. The summed E-state index contributed by atoms with van der Waals surface area (Å²) < 4.78 is 28.6. The Morgan fingerprint density at radius 3 is 2.17 bits per heavy atom. The van der Waals surface area contributed by atoms with Crippen molar-refractivity contribution < 1.29 is 18.7 Å². The van der Waals surface area contributed by atoms with Gasteiger partial charge in [-0.15, -0.1) is 0 Å². The molecule has 1 aromatic heterocycles. The Bertz CT molecular complexity index is 613. The number of rotatable bonds is 2. The third-order valence-electron chi connectivity index (χ3n) is 2.78. The van der Waals surface area contributed by atoms with Gasteiger partial charge in [0.15, 0.2) is 0 Å². The topological polar surface area (TPSA) is 42.2 Å². The van der Waals surface area contributed by atoms with Crippen LogP contribution in [0.5, 0.6) is 0 Å². The number of hydrogen-bond acceptors (Lipinski definition) is 1. The molecule has 0 atom stereocenters. The zero-order valence-electron chi connectivity index (χ0n) is 9.87. The number of aromatic carboxylic acids is 1. The van der Waals surface area contributed by atoms with Gasteiger partial charge in [-0.1, -0.05) is 0 Å². The average Bonchev–Trinajstić information content (AvgIpc) is 2.59. The number of carboxylic acids is 1. The highest BCUT2D eigenvalue weighted by Gasteiger charge is 2.17. The molecule has 0 spiro atoms. The van der Waals surface area contributed by atoms with Crippen LogP contribution >= 0.6 is 0 Å². The third-order valence-corrected chi connectivity index (χ3v) is 2.78. The Labute approximate surface area is 102 Å². The Hall–Kier alpha value is -2.17.